The molecule has 1 aromatic heterocycles. The molecule has 3 rings (SSSR count). The molecule has 0 radical (unpaired) electrons. The Morgan fingerprint density at radius 3 is 2.47 bits per heavy atom. The van der Waals surface area contributed by atoms with Crippen molar-refractivity contribution < 1.29 is 24.2 Å². The Labute approximate surface area is 199 Å². The molecular formula is C25H32N4O5. The third-order valence-electron chi connectivity index (χ3n) is 5.60. The number of β-amino-alcohol motifs (C(OH)–C–C–N with tert-alkyl or cyclic N) is 1. The SMILES string of the molecule is CC(C)C[C@H](NC(=O)OCc1ccncc1)C(=O)NC1CN(C(=O)Cc2ccccc2)CC1O. The Morgan fingerprint density at radius 1 is 1.09 bits per heavy atom. The summed E-state index contributed by atoms with van der Waals surface area (Å²) in [6.07, 6.45) is 2.25. The lowest BCUT2D eigenvalue weighted by atomic mass is 10.0. The van der Waals surface area contributed by atoms with Gasteiger partial charge in [-0.15, -0.1) is 0 Å². The van der Waals surface area contributed by atoms with Crippen molar-refractivity contribution in [3.8, 4) is 0 Å². The fraction of sp³-hybridized carbons (Fsp3) is 0.440. The standard InChI is InChI=1S/C25H32N4O5/c1-17(2)12-20(28-25(33)34-16-19-8-10-26-11-9-19)24(32)27-21-14-29(15-22(21)30)23(31)13-18-6-4-3-5-7-18/h3-11,17,20-22,30H,12-16H2,1-2H3,(H,27,32)(H,28,33)/t20-,21?,22?/m0/s1. The first-order valence-corrected chi connectivity index (χ1v) is 11.4. The average molecular weight is 469 g/mol. The highest BCUT2D eigenvalue weighted by molar-refractivity contribution is 5.86. The van der Waals surface area contributed by atoms with E-state index in [4.69, 9.17) is 4.74 Å². The van der Waals surface area contributed by atoms with E-state index < -0.39 is 30.2 Å². The second-order valence-electron chi connectivity index (χ2n) is 8.90. The van der Waals surface area contributed by atoms with Crippen LogP contribution in [0.15, 0.2) is 54.9 Å². The van der Waals surface area contributed by atoms with E-state index in [0.29, 0.717) is 6.42 Å². The first kappa shape index (κ1) is 25.2. The minimum absolute atomic E-state index is 0.0597. The van der Waals surface area contributed by atoms with Gasteiger partial charge in [0.05, 0.1) is 18.6 Å². The molecule has 182 valence electrons. The zero-order chi connectivity index (χ0) is 24.5. The maximum Gasteiger partial charge on any atom is 0.408 e. The topological polar surface area (TPSA) is 121 Å². The normalized spacial score (nSPS) is 18.4. The van der Waals surface area contributed by atoms with Crippen molar-refractivity contribution in [2.75, 3.05) is 13.1 Å². The van der Waals surface area contributed by atoms with Crippen LogP contribution in [-0.2, 0) is 27.4 Å². The lowest BCUT2D eigenvalue weighted by Crippen LogP contribution is -2.53. The van der Waals surface area contributed by atoms with Crippen LogP contribution in [0.1, 0.15) is 31.4 Å². The minimum atomic E-state index is -0.887. The van der Waals surface area contributed by atoms with Gasteiger partial charge in [0, 0.05) is 25.5 Å². The van der Waals surface area contributed by atoms with Crippen LogP contribution in [-0.4, -0.2) is 64.2 Å². The number of aliphatic hydroxyl groups excluding tert-OH is 1. The van der Waals surface area contributed by atoms with Gasteiger partial charge in [-0.2, -0.15) is 0 Å². The summed E-state index contributed by atoms with van der Waals surface area (Å²) in [5.41, 5.74) is 1.67. The molecule has 2 heterocycles. The predicted octanol–water partition coefficient (Wildman–Crippen LogP) is 1.65. The summed E-state index contributed by atoms with van der Waals surface area (Å²) in [6, 6.07) is 11.4. The number of aliphatic hydroxyl groups is 1. The zero-order valence-electron chi connectivity index (χ0n) is 19.5. The van der Waals surface area contributed by atoms with Gasteiger partial charge in [0.1, 0.15) is 12.6 Å². The summed E-state index contributed by atoms with van der Waals surface area (Å²) in [4.78, 5) is 43.3. The molecule has 1 fully saturated rings. The van der Waals surface area contributed by atoms with Crippen LogP contribution in [0.2, 0.25) is 0 Å². The Morgan fingerprint density at radius 2 is 1.79 bits per heavy atom. The summed E-state index contributed by atoms with van der Waals surface area (Å²) in [6.45, 7) is 4.30. The van der Waals surface area contributed by atoms with Gasteiger partial charge in [0.25, 0.3) is 0 Å². The third kappa shape index (κ3) is 7.55. The van der Waals surface area contributed by atoms with Gasteiger partial charge in [-0.05, 0) is 35.6 Å². The molecule has 2 aromatic rings. The number of nitrogens with zero attached hydrogens (tertiary/aromatic N) is 2. The number of carbonyl (C=O) groups excluding carboxylic acids is 3. The van der Waals surface area contributed by atoms with Crippen LogP contribution in [0.5, 0.6) is 0 Å². The third-order valence-corrected chi connectivity index (χ3v) is 5.60. The predicted molar refractivity (Wildman–Crippen MR) is 125 cm³/mol. The fourth-order valence-electron chi connectivity index (χ4n) is 3.81. The molecule has 1 aliphatic heterocycles. The second kappa shape index (κ2) is 12.1. The number of rotatable bonds is 9. The molecule has 34 heavy (non-hydrogen) atoms. The Hall–Kier alpha value is -3.46. The highest BCUT2D eigenvalue weighted by atomic mass is 16.5. The molecular weight excluding hydrogens is 436 g/mol. The summed E-state index contributed by atoms with van der Waals surface area (Å²) < 4.78 is 5.23. The van der Waals surface area contributed by atoms with Gasteiger partial charge in [-0.25, -0.2) is 4.79 Å². The summed E-state index contributed by atoms with van der Waals surface area (Å²) in [7, 11) is 0. The van der Waals surface area contributed by atoms with Gasteiger partial charge in [-0.1, -0.05) is 44.2 Å². The van der Waals surface area contributed by atoms with E-state index in [-0.39, 0.29) is 37.9 Å². The van der Waals surface area contributed by atoms with Gasteiger partial charge in [-0.3, -0.25) is 14.6 Å². The quantitative estimate of drug-likeness (QED) is 0.515. The molecule has 1 aliphatic rings. The van der Waals surface area contributed by atoms with Crippen LogP contribution in [0.4, 0.5) is 4.79 Å². The van der Waals surface area contributed by atoms with Crippen LogP contribution in [0, 0.1) is 5.92 Å². The molecule has 0 saturated carbocycles. The van der Waals surface area contributed by atoms with Crippen molar-refractivity contribution in [2.24, 2.45) is 5.92 Å². The van der Waals surface area contributed by atoms with Crippen molar-refractivity contribution in [3.05, 3.63) is 66.0 Å². The second-order valence-corrected chi connectivity index (χ2v) is 8.90. The molecule has 3 atom stereocenters. The number of amides is 3. The first-order valence-electron chi connectivity index (χ1n) is 11.4. The van der Waals surface area contributed by atoms with Crippen molar-refractivity contribution in [1.29, 1.82) is 0 Å². The molecule has 0 aliphatic carbocycles. The zero-order valence-corrected chi connectivity index (χ0v) is 19.5. The minimum Gasteiger partial charge on any atom is -0.445 e. The molecule has 0 bridgehead atoms. The maximum absolute atomic E-state index is 13.0. The van der Waals surface area contributed by atoms with Gasteiger partial charge in [0.2, 0.25) is 11.8 Å². The summed E-state index contributed by atoms with van der Waals surface area (Å²) in [5.74, 6) is -0.400. The number of hydrogen-bond acceptors (Lipinski definition) is 6. The summed E-state index contributed by atoms with van der Waals surface area (Å²) >= 11 is 0. The van der Waals surface area contributed by atoms with E-state index in [0.717, 1.165) is 11.1 Å². The number of nitrogens with one attached hydrogen (secondary N) is 2. The average Bonchev–Trinajstić information content (AvgIpc) is 3.18. The van der Waals surface area contributed by atoms with Crippen molar-refractivity contribution in [3.63, 3.8) is 0 Å². The highest BCUT2D eigenvalue weighted by Crippen LogP contribution is 2.14. The monoisotopic (exact) mass is 468 g/mol. The number of likely N-dealkylation sites (tertiary alicyclic amines) is 1. The Balaban J connectivity index is 1.53. The smallest absolute Gasteiger partial charge is 0.408 e. The van der Waals surface area contributed by atoms with Crippen LogP contribution < -0.4 is 10.6 Å². The van der Waals surface area contributed by atoms with Crippen molar-refractivity contribution in [1.82, 2.24) is 20.5 Å². The van der Waals surface area contributed by atoms with Crippen LogP contribution in [0.3, 0.4) is 0 Å². The van der Waals surface area contributed by atoms with E-state index in [2.05, 4.69) is 15.6 Å². The highest BCUT2D eigenvalue weighted by Gasteiger charge is 2.36. The number of benzene rings is 1. The largest absolute Gasteiger partial charge is 0.445 e. The van der Waals surface area contributed by atoms with Crippen molar-refractivity contribution in [2.45, 2.75) is 51.5 Å². The lowest BCUT2D eigenvalue weighted by molar-refractivity contribution is -0.130. The number of alkyl carbamates (subject to hydrolysis) is 1. The molecule has 0 spiro atoms. The van der Waals surface area contributed by atoms with Gasteiger partial charge >= 0.3 is 6.09 Å². The molecule has 3 N–H and O–H groups in total. The number of carbonyl (C=O) groups is 3. The molecule has 1 saturated heterocycles. The van der Waals surface area contributed by atoms with E-state index in [1.54, 1.807) is 29.4 Å². The molecule has 9 heteroatoms. The molecule has 9 nitrogen and oxygen atoms in total. The van der Waals surface area contributed by atoms with Crippen LogP contribution >= 0.6 is 0 Å². The van der Waals surface area contributed by atoms with Crippen molar-refractivity contribution >= 4 is 17.9 Å². The van der Waals surface area contributed by atoms with Crippen LogP contribution in [0.25, 0.3) is 0 Å². The van der Waals surface area contributed by atoms with E-state index in [1.807, 2.05) is 44.2 Å². The Kier molecular flexibility index (Phi) is 8.98. The van der Waals surface area contributed by atoms with E-state index in [1.165, 1.54) is 0 Å². The summed E-state index contributed by atoms with van der Waals surface area (Å²) in [5, 5.41) is 15.9. The number of ether oxygens (including phenoxy) is 1. The van der Waals surface area contributed by atoms with Gasteiger partial charge < -0.3 is 25.4 Å². The lowest BCUT2D eigenvalue weighted by Gasteiger charge is -2.23. The number of aromatic nitrogens is 1. The first-order chi connectivity index (χ1) is 16.3. The number of pyridine rings is 1. The molecule has 2 unspecified atom stereocenters. The fourth-order valence-corrected chi connectivity index (χ4v) is 3.81. The van der Waals surface area contributed by atoms with E-state index >= 15 is 0 Å². The van der Waals surface area contributed by atoms with Gasteiger partial charge in [0.15, 0.2) is 0 Å². The molecule has 1 aromatic carbocycles. The maximum atomic E-state index is 13.0. The Bertz CT molecular complexity index is 954. The van der Waals surface area contributed by atoms with E-state index in [9.17, 15) is 19.5 Å². The number of hydrogen-bond donors (Lipinski definition) is 3. The molecule has 3 amide bonds.